The van der Waals surface area contributed by atoms with Gasteiger partial charge >= 0.3 is 0 Å². The molecule has 1 N–H and O–H groups in total. The van der Waals surface area contributed by atoms with Gasteiger partial charge in [-0.25, -0.2) is 12.8 Å². The molecule has 0 aliphatic carbocycles. The summed E-state index contributed by atoms with van der Waals surface area (Å²) in [5.74, 6) is -0.0536. The van der Waals surface area contributed by atoms with E-state index >= 15 is 0 Å². The minimum Gasteiger partial charge on any atom is -0.326 e. The van der Waals surface area contributed by atoms with E-state index in [0.29, 0.717) is 24.7 Å². The Kier molecular flexibility index (Phi) is 5.92. The highest BCUT2D eigenvalue weighted by Crippen LogP contribution is 2.26. The van der Waals surface area contributed by atoms with Crippen LogP contribution >= 0.6 is 0 Å². The second-order valence-electron chi connectivity index (χ2n) is 6.88. The van der Waals surface area contributed by atoms with Crippen LogP contribution in [0.5, 0.6) is 0 Å². The molecular weight excluding hydrogens is 367 g/mol. The van der Waals surface area contributed by atoms with Gasteiger partial charge in [0.2, 0.25) is 15.9 Å². The van der Waals surface area contributed by atoms with E-state index in [2.05, 4.69) is 5.32 Å². The number of benzene rings is 2. The summed E-state index contributed by atoms with van der Waals surface area (Å²) in [6.07, 6.45) is 2.39. The maximum absolute atomic E-state index is 13.0. The van der Waals surface area contributed by atoms with Gasteiger partial charge in [0, 0.05) is 25.7 Å². The van der Waals surface area contributed by atoms with Gasteiger partial charge in [-0.2, -0.15) is 4.31 Å². The Balaban J connectivity index is 1.60. The van der Waals surface area contributed by atoms with Crippen molar-refractivity contribution in [2.24, 2.45) is 5.92 Å². The molecule has 1 aliphatic heterocycles. The van der Waals surface area contributed by atoms with Crippen molar-refractivity contribution in [3.63, 3.8) is 0 Å². The quantitative estimate of drug-likeness (QED) is 0.851. The third-order valence-electron chi connectivity index (χ3n) is 4.82. The molecule has 1 heterocycles. The van der Waals surface area contributed by atoms with Crippen LogP contribution in [0.3, 0.4) is 0 Å². The molecule has 2 aromatic carbocycles. The lowest BCUT2D eigenvalue weighted by Crippen LogP contribution is -2.38. The monoisotopic (exact) mass is 390 g/mol. The third kappa shape index (κ3) is 4.93. The number of hydrogen-bond donors (Lipinski definition) is 1. The maximum atomic E-state index is 13.0. The number of amides is 1. The molecular formula is C20H23FN2O3S. The Bertz CT molecular complexity index is 888. The van der Waals surface area contributed by atoms with Crippen LogP contribution in [0.4, 0.5) is 10.1 Å². The van der Waals surface area contributed by atoms with Crippen LogP contribution in [-0.2, 0) is 21.2 Å². The molecule has 0 saturated carbocycles. The molecule has 1 amide bonds. The van der Waals surface area contributed by atoms with E-state index < -0.39 is 10.0 Å². The Labute approximate surface area is 159 Å². The molecule has 0 spiro atoms. The van der Waals surface area contributed by atoms with Crippen molar-refractivity contribution in [1.82, 2.24) is 4.31 Å². The summed E-state index contributed by atoms with van der Waals surface area (Å²) >= 11 is 0. The van der Waals surface area contributed by atoms with E-state index in [9.17, 15) is 17.6 Å². The normalized spacial score (nSPS) is 16.2. The summed E-state index contributed by atoms with van der Waals surface area (Å²) in [7, 11) is -3.54. The summed E-state index contributed by atoms with van der Waals surface area (Å²) < 4.78 is 40.2. The van der Waals surface area contributed by atoms with Gasteiger partial charge < -0.3 is 5.32 Å². The fraction of sp³-hybridized carbons (Fsp3) is 0.350. The van der Waals surface area contributed by atoms with E-state index in [1.54, 1.807) is 24.3 Å². The highest BCUT2D eigenvalue weighted by molar-refractivity contribution is 7.89. The summed E-state index contributed by atoms with van der Waals surface area (Å²) in [4.78, 5) is 11.3. The number of carbonyl (C=O) groups excluding carboxylic acids is 1. The van der Waals surface area contributed by atoms with Crippen LogP contribution in [0.15, 0.2) is 53.4 Å². The number of sulfonamides is 1. The molecule has 1 aliphatic rings. The lowest BCUT2D eigenvalue weighted by atomic mass is 9.91. The zero-order chi connectivity index (χ0) is 19.4. The van der Waals surface area contributed by atoms with Crippen LogP contribution in [0, 0.1) is 11.7 Å². The minimum absolute atomic E-state index is 0.200. The number of nitrogens with one attached hydrogen (secondary N) is 1. The van der Waals surface area contributed by atoms with E-state index in [1.165, 1.54) is 35.5 Å². The molecule has 3 rings (SSSR count). The summed E-state index contributed by atoms with van der Waals surface area (Å²) in [6, 6.07) is 12.7. The highest BCUT2D eigenvalue weighted by Gasteiger charge is 2.29. The molecule has 1 fully saturated rings. The second-order valence-corrected chi connectivity index (χ2v) is 8.82. The summed E-state index contributed by atoms with van der Waals surface area (Å²) in [5, 5.41) is 2.62. The molecule has 144 valence electrons. The Morgan fingerprint density at radius 2 is 1.67 bits per heavy atom. The molecule has 5 nitrogen and oxygen atoms in total. The molecule has 0 aromatic heterocycles. The van der Waals surface area contributed by atoms with E-state index in [-0.39, 0.29) is 16.6 Å². The summed E-state index contributed by atoms with van der Waals surface area (Å²) in [5.41, 5.74) is 1.64. The first-order valence-corrected chi connectivity index (χ1v) is 10.4. The zero-order valence-electron chi connectivity index (χ0n) is 15.2. The van der Waals surface area contributed by atoms with Crippen molar-refractivity contribution in [1.29, 1.82) is 0 Å². The Hall–Kier alpha value is -2.25. The number of halogens is 1. The van der Waals surface area contributed by atoms with Gasteiger partial charge in [0.15, 0.2) is 0 Å². The lowest BCUT2D eigenvalue weighted by molar-refractivity contribution is -0.114. The van der Waals surface area contributed by atoms with Crippen LogP contribution in [-0.4, -0.2) is 31.7 Å². The first kappa shape index (κ1) is 19.5. The molecule has 7 heteroatoms. The predicted octanol–water partition coefficient (Wildman–Crippen LogP) is 3.43. The average molecular weight is 390 g/mol. The Morgan fingerprint density at radius 3 is 2.22 bits per heavy atom. The van der Waals surface area contributed by atoms with Crippen molar-refractivity contribution in [3.05, 3.63) is 59.9 Å². The number of rotatable bonds is 5. The molecule has 0 unspecified atom stereocenters. The van der Waals surface area contributed by atoms with Gasteiger partial charge in [0.05, 0.1) is 4.90 Å². The maximum Gasteiger partial charge on any atom is 0.243 e. The smallest absolute Gasteiger partial charge is 0.243 e. The number of anilines is 1. The number of piperidine rings is 1. The molecule has 2 aromatic rings. The van der Waals surface area contributed by atoms with Gasteiger partial charge in [-0.15, -0.1) is 0 Å². The summed E-state index contributed by atoms with van der Waals surface area (Å²) in [6.45, 7) is 2.35. The topological polar surface area (TPSA) is 66.5 Å². The highest BCUT2D eigenvalue weighted by atomic mass is 32.2. The van der Waals surface area contributed by atoms with Crippen molar-refractivity contribution in [3.8, 4) is 0 Å². The van der Waals surface area contributed by atoms with E-state index in [4.69, 9.17) is 0 Å². The van der Waals surface area contributed by atoms with Crippen molar-refractivity contribution < 1.29 is 17.6 Å². The van der Waals surface area contributed by atoms with Gasteiger partial charge in [0.1, 0.15) is 5.82 Å². The third-order valence-corrected chi connectivity index (χ3v) is 6.74. The van der Waals surface area contributed by atoms with Crippen molar-refractivity contribution in [2.75, 3.05) is 18.4 Å². The Morgan fingerprint density at radius 1 is 1.07 bits per heavy atom. The first-order chi connectivity index (χ1) is 12.8. The van der Waals surface area contributed by atoms with Crippen LogP contribution in [0.2, 0.25) is 0 Å². The number of carbonyl (C=O) groups is 1. The molecule has 0 atom stereocenters. The molecule has 0 bridgehead atoms. The minimum atomic E-state index is -3.54. The molecule has 27 heavy (non-hydrogen) atoms. The largest absolute Gasteiger partial charge is 0.326 e. The predicted molar refractivity (Wildman–Crippen MR) is 102 cm³/mol. The number of hydrogen-bond acceptors (Lipinski definition) is 3. The average Bonchev–Trinajstić information content (AvgIpc) is 2.64. The fourth-order valence-corrected chi connectivity index (χ4v) is 4.84. The van der Waals surface area contributed by atoms with E-state index in [0.717, 1.165) is 24.8 Å². The standard InChI is InChI=1S/C20H23FN2O3S/c1-15(24)22-19-6-8-20(9-7-19)27(25,26)23-12-10-17(11-13-23)14-16-2-4-18(21)5-3-16/h2-9,17H,10-14H2,1H3,(H,22,24). The van der Waals surface area contributed by atoms with Gasteiger partial charge in [0.25, 0.3) is 0 Å². The van der Waals surface area contributed by atoms with Crippen LogP contribution < -0.4 is 5.32 Å². The lowest BCUT2D eigenvalue weighted by Gasteiger charge is -2.31. The molecule has 0 radical (unpaired) electrons. The zero-order valence-corrected chi connectivity index (χ0v) is 16.0. The first-order valence-electron chi connectivity index (χ1n) is 8.97. The fourth-order valence-electron chi connectivity index (χ4n) is 3.37. The molecule has 1 saturated heterocycles. The van der Waals surface area contributed by atoms with E-state index in [1.807, 2.05) is 0 Å². The number of nitrogens with zero attached hydrogens (tertiary/aromatic N) is 1. The van der Waals surface area contributed by atoms with Crippen LogP contribution in [0.1, 0.15) is 25.3 Å². The van der Waals surface area contributed by atoms with Crippen LogP contribution in [0.25, 0.3) is 0 Å². The van der Waals surface area contributed by atoms with Gasteiger partial charge in [-0.3, -0.25) is 4.79 Å². The second kappa shape index (κ2) is 8.19. The van der Waals surface area contributed by atoms with Crippen molar-refractivity contribution >= 4 is 21.6 Å². The SMILES string of the molecule is CC(=O)Nc1ccc(S(=O)(=O)N2CCC(Cc3ccc(F)cc3)CC2)cc1. The van der Waals surface area contributed by atoms with Gasteiger partial charge in [-0.1, -0.05) is 12.1 Å². The van der Waals surface area contributed by atoms with Gasteiger partial charge in [-0.05, 0) is 67.1 Å². The van der Waals surface area contributed by atoms with Crippen molar-refractivity contribution in [2.45, 2.75) is 31.1 Å².